The van der Waals surface area contributed by atoms with Crippen LogP contribution in [0, 0.1) is 17.0 Å². The third-order valence-electron chi connectivity index (χ3n) is 4.64. The number of hydrogen-bond donors (Lipinski definition) is 1. The van der Waals surface area contributed by atoms with Crippen LogP contribution in [0.4, 0.5) is 11.4 Å². The van der Waals surface area contributed by atoms with Gasteiger partial charge in [-0.1, -0.05) is 0 Å². The summed E-state index contributed by atoms with van der Waals surface area (Å²) in [4.78, 5) is 25.1. The van der Waals surface area contributed by atoms with Crippen LogP contribution < -0.4 is 5.32 Å². The van der Waals surface area contributed by atoms with E-state index >= 15 is 0 Å². The number of likely N-dealkylation sites (tertiary alicyclic amines) is 1. The topological polar surface area (TPSA) is 93.3 Å². The lowest BCUT2D eigenvalue weighted by molar-refractivity contribution is -0.385. The van der Waals surface area contributed by atoms with Crippen molar-refractivity contribution in [2.45, 2.75) is 26.3 Å². The molecule has 132 valence electrons. The Bertz CT molecular complexity index is 809. The predicted molar refractivity (Wildman–Crippen MR) is 93.5 cm³/mol. The third kappa shape index (κ3) is 3.47. The zero-order chi connectivity index (χ0) is 18.0. The molecule has 0 radical (unpaired) electrons. The van der Waals surface area contributed by atoms with Gasteiger partial charge in [0.05, 0.1) is 11.1 Å². The lowest BCUT2D eigenvalue weighted by Crippen LogP contribution is -2.28. The second kappa shape index (κ2) is 6.92. The Balaban J connectivity index is 1.83. The average molecular weight is 343 g/mol. The minimum absolute atomic E-state index is 0.139. The van der Waals surface area contributed by atoms with Crippen LogP contribution in [0.3, 0.4) is 0 Å². The van der Waals surface area contributed by atoms with Crippen molar-refractivity contribution in [1.82, 2.24) is 14.7 Å². The summed E-state index contributed by atoms with van der Waals surface area (Å²) < 4.78 is 1.79. The van der Waals surface area contributed by atoms with Crippen molar-refractivity contribution in [3.8, 4) is 0 Å². The molecule has 1 aromatic heterocycles. The first-order chi connectivity index (χ1) is 12.0. The molecule has 1 aliphatic rings. The number of hydrogen-bond acceptors (Lipinski definition) is 5. The Kier molecular flexibility index (Phi) is 4.69. The number of aryl methyl sites for hydroxylation is 1. The molecule has 0 spiro atoms. The summed E-state index contributed by atoms with van der Waals surface area (Å²) in [5, 5.41) is 18.7. The van der Waals surface area contributed by atoms with Gasteiger partial charge in [-0.25, -0.2) is 0 Å². The first kappa shape index (κ1) is 16.9. The van der Waals surface area contributed by atoms with Gasteiger partial charge >= 0.3 is 0 Å². The van der Waals surface area contributed by atoms with Crippen molar-refractivity contribution in [1.29, 1.82) is 0 Å². The van der Waals surface area contributed by atoms with Gasteiger partial charge in [-0.05, 0) is 31.9 Å². The van der Waals surface area contributed by atoms with E-state index in [1.165, 1.54) is 6.07 Å². The van der Waals surface area contributed by atoms with Gasteiger partial charge in [-0.15, -0.1) is 0 Å². The van der Waals surface area contributed by atoms with E-state index < -0.39 is 4.92 Å². The van der Waals surface area contributed by atoms with E-state index in [-0.39, 0.29) is 17.2 Å². The molecule has 1 saturated heterocycles. The molecule has 1 fully saturated rings. The first-order valence-corrected chi connectivity index (χ1v) is 8.26. The maximum atomic E-state index is 12.6. The average Bonchev–Trinajstić information content (AvgIpc) is 3.24. The highest BCUT2D eigenvalue weighted by molar-refractivity contribution is 5.99. The molecule has 2 aromatic rings. The second-order valence-electron chi connectivity index (χ2n) is 6.22. The van der Waals surface area contributed by atoms with Crippen LogP contribution in [0.2, 0.25) is 0 Å². The molecular formula is C17H21N5O3. The quantitative estimate of drug-likeness (QED) is 0.665. The number of aromatic nitrogens is 2. The first-order valence-electron chi connectivity index (χ1n) is 8.26. The van der Waals surface area contributed by atoms with Gasteiger partial charge in [0.1, 0.15) is 5.56 Å². The molecule has 25 heavy (non-hydrogen) atoms. The van der Waals surface area contributed by atoms with E-state index in [1.54, 1.807) is 27.9 Å². The summed E-state index contributed by atoms with van der Waals surface area (Å²) in [5.74, 6) is -0.273. The zero-order valence-corrected chi connectivity index (χ0v) is 14.4. The summed E-state index contributed by atoms with van der Waals surface area (Å²) in [6, 6.07) is 4.59. The van der Waals surface area contributed by atoms with Crippen LogP contribution in [0.1, 0.15) is 34.5 Å². The Hall–Kier alpha value is -2.90. The summed E-state index contributed by atoms with van der Waals surface area (Å²) in [7, 11) is 1.87. The van der Waals surface area contributed by atoms with Crippen LogP contribution in [-0.4, -0.2) is 38.6 Å². The number of amides is 1. The normalized spacial score (nSPS) is 13.9. The second-order valence-corrected chi connectivity index (χ2v) is 6.22. The minimum atomic E-state index is -0.502. The number of benzene rings is 1. The zero-order valence-electron chi connectivity index (χ0n) is 14.4. The molecule has 8 nitrogen and oxygen atoms in total. The number of rotatable bonds is 5. The molecule has 0 aliphatic carbocycles. The molecule has 1 aromatic carbocycles. The summed E-state index contributed by atoms with van der Waals surface area (Å²) >= 11 is 0. The molecule has 0 unspecified atom stereocenters. The number of carbonyl (C=O) groups excluding carboxylic acids is 1. The number of carbonyl (C=O) groups is 1. The largest absolute Gasteiger partial charge is 0.381 e. The van der Waals surface area contributed by atoms with E-state index in [0.29, 0.717) is 25.3 Å². The highest BCUT2D eigenvalue weighted by Crippen LogP contribution is 2.26. The highest BCUT2D eigenvalue weighted by atomic mass is 16.6. The van der Waals surface area contributed by atoms with Gasteiger partial charge in [-0.2, -0.15) is 5.10 Å². The van der Waals surface area contributed by atoms with Gasteiger partial charge in [0.15, 0.2) is 0 Å². The fourth-order valence-electron chi connectivity index (χ4n) is 2.98. The van der Waals surface area contributed by atoms with Gasteiger partial charge in [-0.3, -0.25) is 19.6 Å². The maximum Gasteiger partial charge on any atom is 0.282 e. The van der Waals surface area contributed by atoms with Crippen molar-refractivity contribution in [3.63, 3.8) is 0 Å². The van der Waals surface area contributed by atoms with Crippen LogP contribution in [-0.2, 0) is 13.6 Å². The van der Waals surface area contributed by atoms with Crippen molar-refractivity contribution < 1.29 is 9.72 Å². The van der Waals surface area contributed by atoms with E-state index in [1.807, 2.05) is 14.0 Å². The Labute approximate surface area is 145 Å². The van der Waals surface area contributed by atoms with Gasteiger partial charge in [0, 0.05) is 49.7 Å². The van der Waals surface area contributed by atoms with E-state index in [0.717, 1.165) is 24.1 Å². The lowest BCUT2D eigenvalue weighted by Gasteiger charge is -2.16. The maximum absolute atomic E-state index is 12.6. The summed E-state index contributed by atoms with van der Waals surface area (Å²) in [5.41, 5.74) is 2.74. The highest BCUT2D eigenvalue weighted by Gasteiger charge is 2.26. The molecule has 8 heteroatoms. The molecule has 0 saturated carbocycles. The number of nitrogens with one attached hydrogen (secondary N) is 1. The molecule has 1 amide bonds. The Morgan fingerprint density at radius 3 is 2.68 bits per heavy atom. The molecular weight excluding hydrogens is 322 g/mol. The van der Waals surface area contributed by atoms with Crippen molar-refractivity contribution >= 4 is 17.3 Å². The third-order valence-corrected chi connectivity index (χ3v) is 4.64. The summed E-state index contributed by atoms with van der Waals surface area (Å²) in [6.07, 6.45) is 3.67. The fourth-order valence-corrected chi connectivity index (χ4v) is 2.98. The van der Waals surface area contributed by atoms with E-state index in [4.69, 9.17) is 0 Å². The SMILES string of the molecule is Cc1c(CNc2ccc([N+](=O)[O-])c(C(=O)N3CCCC3)c2)cnn1C. The monoisotopic (exact) mass is 343 g/mol. The number of nitro groups is 1. The number of anilines is 1. The van der Waals surface area contributed by atoms with Crippen LogP contribution >= 0.6 is 0 Å². The molecule has 1 aliphatic heterocycles. The van der Waals surface area contributed by atoms with Gasteiger partial charge in [0.2, 0.25) is 0 Å². The van der Waals surface area contributed by atoms with E-state index in [2.05, 4.69) is 10.4 Å². The summed E-state index contributed by atoms with van der Waals surface area (Å²) in [6.45, 7) is 3.82. The number of nitrogens with zero attached hydrogens (tertiary/aromatic N) is 4. The molecule has 1 N–H and O–H groups in total. The Morgan fingerprint density at radius 2 is 2.08 bits per heavy atom. The van der Waals surface area contributed by atoms with Gasteiger partial charge in [0.25, 0.3) is 11.6 Å². The Morgan fingerprint density at radius 1 is 1.36 bits per heavy atom. The standard InChI is InChI=1S/C17H21N5O3/c1-12-13(11-19-20(12)2)10-18-14-5-6-16(22(24)25)15(9-14)17(23)21-7-3-4-8-21/h5-6,9,11,18H,3-4,7-8,10H2,1-2H3. The molecule has 0 bridgehead atoms. The van der Waals surface area contributed by atoms with Crippen LogP contribution in [0.5, 0.6) is 0 Å². The van der Waals surface area contributed by atoms with Crippen molar-refractivity contribution in [2.75, 3.05) is 18.4 Å². The number of nitro benzene ring substituents is 1. The van der Waals surface area contributed by atoms with Crippen molar-refractivity contribution in [3.05, 3.63) is 51.3 Å². The van der Waals surface area contributed by atoms with Gasteiger partial charge < -0.3 is 10.2 Å². The minimum Gasteiger partial charge on any atom is -0.381 e. The van der Waals surface area contributed by atoms with Crippen molar-refractivity contribution in [2.24, 2.45) is 7.05 Å². The smallest absolute Gasteiger partial charge is 0.282 e. The van der Waals surface area contributed by atoms with Crippen LogP contribution in [0.15, 0.2) is 24.4 Å². The molecule has 2 heterocycles. The predicted octanol–water partition coefficient (Wildman–Crippen LogP) is 2.48. The lowest BCUT2D eigenvalue weighted by atomic mass is 10.1. The fraction of sp³-hybridized carbons (Fsp3) is 0.412. The van der Waals surface area contributed by atoms with E-state index in [9.17, 15) is 14.9 Å². The molecule has 3 rings (SSSR count). The molecule has 0 atom stereocenters. The van der Waals surface area contributed by atoms with Crippen LogP contribution in [0.25, 0.3) is 0 Å².